The van der Waals surface area contributed by atoms with Gasteiger partial charge in [0, 0.05) is 0 Å². The minimum Gasteiger partial charge on any atom is -0.318 e. The van der Waals surface area contributed by atoms with Gasteiger partial charge in [0.1, 0.15) is 5.01 Å². The highest BCUT2D eigenvalue weighted by Gasteiger charge is 2.27. The number of hydrogen-bond donors (Lipinski definition) is 2. The molecule has 0 saturated heterocycles. The Hall–Kier alpha value is -1.01. The number of hydrogen-bond acceptors (Lipinski definition) is 5. The molecular formula is C9H16N4OS. The minimum atomic E-state index is -0.839. The Kier molecular flexibility index (Phi) is 3.76. The molecule has 0 aliphatic heterocycles. The van der Waals surface area contributed by atoms with Crippen LogP contribution in [-0.4, -0.2) is 21.6 Å². The average molecular weight is 228 g/mol. The van der Waals surface area contributed by atoms with Gasteiger partial charge in [0.2, 0.25) is 11.0 Å². The van der Waals surface area contributed by atoms with E-state index in [1.807, 2.05) is 13.8 Å². The Morgan fingerprint density at radius 2 is 2.27 bits per heavy atom. The maximum absolute atomic E-state index is 11.7. The van der Waals surface area contributed by atoms with Crippen molar-refractivity contribution >= 4 is 22.4 Å². The molecule has 1 atom stereocenters. The summed E-state index contributed by atoms with van der Waals surface area (Å²) in [6, 6.07) is 0. The molecule has 6 heteroatoms. The molecule has 1 heterocycles. The van der Waals surface area contributed by atoms with Crippen molar-refractivity contribution in [3.05, 3.63) is 5.01 Å². The van der Waals surface area contributed by atoms with E-state index in [1.165, 1.54) is 11.3 Å². The van der Waals surface area contributed by atoms with Gasteiger partial charge in [-0.3, -0.25) is 10.1 Å². The summed E-state index contributed by atoms with van der Waals surface area (Å²) in [4.78, 5) is 11.7. The Morgan fingerprint density at radius 1 is 1.60 bits per heavy atom. The van der Waals surface area contributed by atoms with E-state index >= 15 is 0 Å². The van der Waals surface area contributed by atoms with Crippen LogP contribution in [-0.2, 0) is 4.79 Å². The van der Waals surface area contributed by atoms with Gasteiger partial charge >= 0.3 is 0 Å². The molecule has 1 aromatic rings. The first-order chi connectivity index (χ1) is 6.95. The van der Waals surface area contributed by atoms with Crippen LogP contribution in [0.4, 0.5) is 5.13 Å². The molecule has 0 aliphatic carbocycles. The summed E-state index contributed by atoms with van der Waals surface area (Å²) in [5.41, 5.74) is 5.03. The smallest absolute Gasteiger partial charge is 0.245 e. The normalized spacial score (nSPS) is 14.7. The van der Waals surface area contributed by atoms with Crippen LogP contribution in [0.25, 0.3) is 0 Å². The molecule has 1 amide bonds. The van der Waals surface area contributed by atoms with Gasteiger partial charge in [0.25, 0.3) is 0 Å². The van der Waals surface area contributed by atoms with Crippen LogP contribution >= 0.6 is 11.3 Å². The predicted molar refractivity (Wildman–Crippen MR) is 60.8 cm³/mol. The zero-order valence-corrected chi connectivity index (χ0v) is 10.0. The SMILES string of the molecule is CCCC(C)(N)C(=O)Nc1nnc(C)s1. The maximum atomic E-state index is 11.7. The van der Waals surface area contributed by atoms with Gasteiger partial charge in [-0.1, -0.05) is 24.7 Å². The number of amides is 1. The van der Waals surface area contributed by atoms with E-state index in [2.05, 4.69) is 15.5 Å². The Morgan fingerprint density at radius 3 is 2.73 bits per heavy atom. The first-order valence-electron chi connectivity index (χ1n) is 4.86. The van der Waals surface area contributed by atoms with Gasteiger partial charge in [-0.2, -0.15) is 0 Å². The third-order valence-electron chi connectivity index (χ3n) is 2.03. The highest BCUT2D eigenvalue weighted by atomic mass is 32.1. The van der Waals surface area contributed by atoms with Crippen LogP contribution in [0.2, 0.25) is 0 Å². The second-order valence-electron chi connectivity index (χ2n) is 3.75. The van der Waals surface area contributed by atoms with Gasteiger partial charge in [0.05, 0.1) is 5.54 Å². The van der Waals surface area contributed by atoms with Gasteiger partial charge in [0.15, 0.2) is 0 Å². The van der Waals surface area contributed by atoms with E-state index < -0.39 is 5.54 Å². The van der Waals surface area contributed by atoms with Gasteiger partial charge in [-0.25, -0.2) is 0 Å². The molecule has 84 valence electrons. The van der Waals surface area contributed by atoms with E-state index in [4.69, 9.17) is 5.73 Å². The predicted octanol–water partition coefficient (Wildman–Crippen LogP) is 1.30. The second-order valence-corrected chi connectivity index (χ2v) is 4.93. The summed E-state index contributed by atoms with van der Waals surface area (Å²) in [5, 5.41) is 11.6. The van der Waals surface area contributed by atoms with Crippen molar-refractivity contribution in [1.82, 2.24) is 10.2 Å². The fourth-order valence-electron chi connectivity index (χ4n) is 1.22. The molecule has 0 radical (unpaired) electrons. The Balaban J connectivity index is 2.63. The molecule has 0 saturated carbocycles. The van der Waals surface area contributed by atoms with Crippen molar-refractivity contribution < 1.29 is 4.79 Å². The molecule has 0 spiro atoms. The van der Waals surface area contributed by atoms with Crippen molar-refractivity contribution in [2.45, 2.75) is 39.2 Å². The average Bonchev–Trinajstić information content (AvgIpc) is 2.51. The largest absolute Gasteiger partial charge is 0.318 e. The number of rotatable bonds is 4. The van der Waals surface area contributed by atoms with Gasteiger partial charge in [-0.15, -0.1) is 10.2 Å². The summed E-state index contributed by atoms with van der Waals surface area (Å²) in [5.74, 6) is -0.208. The zero-order valence-electron chi connectivity index (χ0n) is 9.20. The zero-order chi connectivity index (χ0) is 11.5. The lowest BCUT2D eigenvalue weighted by Crippen LogP contribution is -2.48. The number of nitrogens with one attached hydrogen (secondary N) is 1. The van der Waals surface area contributed by atoms with Crippen LogP contribution < -0.4 is 11.1 Å². The van der Waals surface area contributed by atoms with Crippen LogP contribution in [0.5, 0.6) is 0 Å². The van der Waals surface area contributed by atoms with Crippen molar-refractivity contribution in [1.29, 1.82) is 0 Å². The number of anilines is 1. The fourth-order valence-corrected chi connectivity index (χ4v) is 1.81. The summed E-state index contributed by atoms with van der Waals surface area (Å²) in [6.07, 6.45) is 1.52. The number of nitrogens with zero attached hydrogens (tertiary/aromatic N) is 2. The topological polar surface area (TPSA) is 80.9 Å². The maximum Gasteiger partial charge on any atom is 0.245 e. The summed E-state index contributed by atoms with van der Waals surface area (Å²) in [7, 11) is 0. The van der Waals surface area contributed by atoms with Gasteiger partial charge < -0.3 is 5.73 Å². The number of aromatic nitrogens is 2. The molecule has 3 N–H and O–H groups in total. The summed E-state index contributed by atoms with van der Waals surface area (Å²) >= 11 is 1.34. The van der Waals surface area contributed by atoms with Crippen LogP contribution in [0, 0.1) is 6.92 Å². The number of nitrogens with two attached hydrogens (primary N) is 1. The van der Waals surface area contributed by atoms with Crippen LogP contribution in [0.1, 0.15) is 31.7 Å². The van der Waals surface area contributed by atoms with Crippen molar-refractivity contribution in [3.63, 3.8) is 0 Å². The molecule has 0 fully saturated rings. The van der Waals surface area contributed by atoms with E-state index in [9.17, 15) is 4.79 Å². The molecule has 5 nitrogen and oxygen atoms in total. The third kappa shape index (κ3) is 3.24. The highest BCUT2D eigenvalue weighted by molar-refractivity contribution is 7.15. The fraction of sp³-hybridized carbons (Fsp3) is 0.667. The first kappa shape index (κ1) is 12.1. The lowest BCUT2D eigenvalue weighted by Gasteiger charge is -2.21. The van der Waals surface area contributed by atoms with E-state index in [-0.39, 0.29) is 5.91 Å². The summed E-state index contributed by atoms with van der Waals surface area (Å²) in [6.45, 7) is 5.55. The summed E-state index contributed by atoms with van der Waals surface area (Å²) < 4.78 is 0. The third-order valence-corrected chi connectivity index (χ3v) is 2.79. The van der Waals surface area contributed by atoms with Crippen molar-refractivity contribution in [2.75, 3.05) is 5.32 Å². The lowest BCUT2D eigenvalue weighted by atomic mass is 9.97. The van der Waals surface area contributed by atoms with E-state index in [0.29, 0.717) is 11.6 Å². The molecule has 0 aromatic carbocycles. The molecular weight excluding hydrogens is 212 g/mol. The standard InChI is InChI=1S/C9H16N4OS/c1-4-5-9(3,10)7(14)11-8-13-12-6(2)15-8/h4-5,10H2,1-3H3,(H,11,13,14). The molecule has 1 aromatic heterocycles. The molecule has 0 aliphatic rings. The van der Waals surface area contributed by atoms with Crippen LogP contribution in [0.3, 0.4) is 0 Å². The lowest BCUT2D eigenvalue weighted by molar-refractivity contribution is -0.120. The molecule has 0 bridgehead atoms. The number of aryl methyl sites for hydroxylation is 1. The van der Waals surface area contributed by atoms with Crippen molar-refractivity contribution in [2.24, 2.45) is 5.73 Å². The van der Waals surface area contributed by atoms with Crippen LogP contribution in [0.15, 0.2) is 0 Å². The monoisotopic (exact) mass is 228 g/mol. The van der Waals surface area contributed by atoms with Gasteiger partial charge in [-0.05, 0) is 20.3 Å². The number of carbonyl (C=O) groups excluding carboxylic acids is 1. The van der Waals surface area contributed by atoms with E-state index in [1.54, 1.807) is 6.92 Å². The first-order valence-corrected chi connectivity index (χ1v) is 5.68. The molecule has 1 rings (SSSR count). The number of carbonyl (C=O) groups is 1. The highest BCUT2D eigenvalue weighted by Crippen LogP contribution is 2.17. The Bertz CT molecular complexity index is 348. The second kappa shape index (κ2) is 4.67. The minimum absolute atomic E-state index is 0.208. The quantitative estimate of drug-likeness (QED) is 0.814. The van der Waals surface area contributed by atoms with Crippen molar-refractivity contribution in [3.8, 4) is 0 Å². The molecule has 1 unspecified atom stereocenters. The Labute approximate surface area is 93.1 Å². The molecule has 15 heavy (non-hydrogen) atoms. The van der Waals surface area contributed by atoms with E-state index in [0.717, 1.165) is 11.4 Å².